The van der Waals surface area contributed by atoms with Crippen molar-refractivity contribution < 1.29 is 9.50 Å². The molecule has 0 radical (unpaired) electrons. The highest BCUT2D eigenvalue weighted by molar-refractivity contribution is 5.28. The Bertz CT molecular complexity index is 751. The van der Waals surface area contributed by atoms with E-state index in [0.29, 0.717) is 12.2 Å². The van der Waals surface area contributed by atoms with Crippen LogP contribution in [-0.2, 0) is 0 Å². The van der Waals surface area contributed by atoms with Crippen molar-refractivity contribution in [3.63, 3.8) is 0 Å². The van der Waals surface area contributed by atoms with Crippen LogP contribution < -0.4 is 5.32 Å². The molecule has 0 aliphatic heterocycles. The molecule has 3 aromatic rings. The molecule has 122 valence electrons. The summed E-state index contributed by atoms with van der Waals surface area (Å²) in [6.45, 7) is 0.336. The Morgan fingerprint density at radius 1 is 0.958 bits per heavy atom. The third-order valence-electron chi connectivity index (χ3n) is 3.79. The number of hydrogen-bond acceptors (Lipinski definition) is 4. The molecule has 0 saturated carbocycles. The molecule has 24 heavy (non-hydrogen) atoms. The van der Waals surface area contributed by atoms with E-state index in [0.717, 1.165) is 11.1 Å². The summed E-state index contributed by atoms with van der Waals surface area (Å²) in [7, 11) is 0. The van der Waals surface area contributed by atoms with E-state index in [1.807, 2.05) is 30.3 Å². The summed E-state index contributed by atoms with van der Waals surface area (Å²) in [5.41, 5.74) is 2.49. The van der Waals surface area contributed by atoms with Crippen molar-refractivity contribution >= 4 is 0 Å². The van der Waals surface area contributed by atoms with Crippen LogP contribution in [0, 0.1) is 5.82 Å². The summed E-state index contributed by atoms with van der Waals surface area (Å²) in [6, 6.07) is 16.1. The van der Waals surface area contributed by atoms with Crippen LogP contribution >= 0.6 is 0 Å². The first kappa shape index (κ1) is 16.2. The van der Waals surface area contributed by atoms with Gasteiger partial charge in [0.05, 0.1) is 24.0 Å². The van der Waals surface area contributed by atoms with Crippen LogP contribution in [-0.4, -0.2) is 21.6 Å². The summed E-state index contributed by atoms with van der Waals surface area (Å²) < 4.78 is 13.2. The van der Waals surface area contributed by atoms with Gasteiger partial charge in [-0.3, -0.25) is 9.97 Å². The SMILES string of the molecule is O[C@H](CN[C@@H](c1ccccc1)c1ccc(F)cn1)c1ccncc1. The highest BCUT2D eigenvalue weighted by atomic mass is 19.1. The van der Waals surface area contributed by atoms with E-state index in [1.165, 1.54) is 12.3 Å². The van der Waals surface area contributed by atoms with Crippen molar-refractivity contribution in [1.82, 2.24) is 15.3 Å². The number of aliphatic hydroxyl groups excluding tert-OH is 1. The molecule has 0 aliphatic rings. The standard InChI is InChI=1S/C19H18FN3O/c20-16-6-7-17(22-12-16)19(15-4-2-1-3-5-15)23-13-18(24)14-8-10-21-11-9-14/h1-12,18-19,23-24H,13H2/t18-,19+/m1/s1. The van der Waals surface area contributed by atoms with Crippen LogP contribution in [0.15, 0.2) is 73.2 Å². The maximum absolute atomic E-state index is 13.2. The third-order valence-corrected chi connectivity index (χ3v) is 3.79. The number of rotatable bonds is 6. The van der Waals surface area contributed by atoms with E-state index in [9.17, 15) is 9.50 Å². The molecule has 2 N–H and O–H groups in total. The van der Waals surface area contributed by atoms with Gasteiger partial charge in [-0.2, -0.15) is 0 Å². The Kier molecular flexibility index (Phi) is 5.25. The Labute approximate surface area is 140 Å². The van der Waals surface area contributed by atoms with Gasteiger partial charge in [0.15, 0.2) is 0 Å². The molecule has 3 rings (SSSR count). The van der Waals surface area contributed by atoms with E-state index >= 15 is 0 Å². The highest BCUT2D eigenvalue weighted by Crippen LogP contribution is 2.21. The van der Waals surface area contributed by atoms with E-state index in [4.69, 9.17) is 0 Å². The lowest BCUT2D eigenvalue weighted by Crippen LogP contribution is -2.28. The fraction of sp³-hybridized carbons (Fsp3) is 0.158. The zero-order valence-corrected chi connectivity index (χ0v) is 13.0. The smallest absolute Gasteiger partial charge is 0.141 e. The fourth-order valence-corrected chi connectivity index (χ4v) is 2.53. The molecule has 0 saturated heterocycles. The lowest BCUT2D eigenvalue weighted by atomic mass is 10.0. The third kappa shape index (κ3) is 4.01. The van der Waals surface area contributed by atoms with Gasteiger partial charge in [0.2, 0.25) is 0 Å². The normalized spacial score (nSPS) is 13.4. The minimum absolute atomic E-state index is 0.233. The molecule has 0 aliphatic carbocycles. The number of nitrogens with zero attached hydrogens (tertiary/aromatic N) is 2. The van der Waals surface area contributed by atoms with Gasteiger partial charge in [0.25, 0.3) is 0 Å². The molecule has 2 atom stereocenters. The molecule has 2 aromatic heterocycles. The first-order chi connectivity index (χ1) is 11.7. The largest absolute Gasteiger partial charge is 0.387 e. The number of pyridine rings is 2. The summed E-state index contributed by atoms with van der Waals surface area (Å²) >= 11 is 0. The van der Waals surface area contributed by atoms with Crippen LogP contribution in [0.3, 0.4) is 0 Å². The second-order valence-electron chi connectivity index (χ2n) is 5.45. The van der Waals surface area contributed by atoms with Crippen LogP contribution in [0.5, 0.6) is 0 Å². The molecular formula is C19H18FN3O. The van der Waals surface area contributed by atoms with Gasteiger partial charge in [-0.25, -0.2) is 4.39 Å². The van der Waals surface area contributed by atoms with E-state index in [1.54, 1.807) is 30.6 Å². The van der Waals surface area contributed by atoms with Crippen molar-refractivity contribution in [2.24, 2.45) is 0 Å². The Morgan fingerprint density at radius 2 is 1.71 bits per heavy atom. The van der Waals surface area contributed by atoms with Gasteiger partial charge in [0.1, 0.15) is 5.82 Å². The molecule has 5 heteroatoms. The second kappa shape index (κ2) is 7.77. The number of benzene rings is 1. The van der Waals surface area contributed by atoms with Crippen molar-refractivity contribution in [3.05, 3.63) is 95.8 Å². The molecule has 4 nitrogen and oxygen atoms in total. The van der Waals surface area contributed by atoms with E-state index in [-0.39, 0.29) is 11.9 Å². The zero-order valence-electron chi connectivity index (χ0n) is 13.0. The number of aliphatic hydroxyl groups is 1. The number of nitrogens with one attached hydrogen (secondary N) is 1. The maximum Gasteiger partial charge on any atom is 0.141 e. The van der Waals surface area contributed by atoms with Gasteiger partial charge >= 0.3 is 0 Å². The molecule has 0 amide bonds. The predicted molar refractivity (Wildman–Crippen MR) is 89.7 cm³/mol. The fourth-order valence-electron chi connectivity index (χ4n) is 2.53. The van der Waals surface area contributed by atoms with Gasteiger partial charge in [-0.05, 0) is 35.4 Å². The first-order valence-electron chi connectivity index (χ1n) is 7.72. The molecule has 0 fully saturated rings. The molecular weight excluding hydrogens is 305 g/mol. The minimum atomic E-state index is -0.667. The lowest BCUT2D eigenvalue weighted by Gasteiger charge is -2.21. The first-order valence-corrected chi connectivity index (χ1v) is 7.72. The van der Waals surface area contributed by atoms with Gasteiger partial charge < -0.3 is 10.4 Å². The van der Waals surface area contributed by atoms with E-state index in [2.05, 4.69) is 15.3 Å². The highest BCUT2D eigenvalue weighted by Gasteiger charge is 2.17. The predicted octanol–water partition coefficient (Wildman–Crippen LogP) is 3.03. The van der Waals surface area contributed by atoms with Crippen molar-refractivity contribution in [3.8, 4) is 0 Å². The van der Waals surface area contributed by atoms with Crippen LogP contribution in [0.25, 0.3) is 0 Å². The van der Waals surface area contributed by atoms with Crippen LogP contribution in [0.4, 0.5) is 4.39 Å². The van der Waals surface area contributed by atoms with Crippen molar-refractivity contribution in [2.45, 2.75) is 12.1 Å². The van der Waals surface area contributed by atoms with Crippen molar-refractivity contribution in [2.75, 3.05) is 6.54 Å². The number of halogens is 1. The summed E-state index contributed by atoms with van der Waals surface area (Å²) in [6.07, 6.45) is 3.83. The van der Waals surface area contributed by atoms with Crippen LogP contribution in [0.1, 0.15) is 29.0 Å². The minimum Gasteiger partial charge on any atom is -0.387 e. The molecule has 0 bridgehead atoms. The Balaban J connectivity index is 1.79. The van der Waals surface area contributed by atoms with Gasteiger partial charge in [-0.15, -0.1) is 0 Å². The average Bonchev–Trinajstić information content (AvgIpc) is 2.65. The second-order valence-corrected chi connectivity index (χ2v) is 5.45. The van der Waals surface area contributed by atoms with Crippen LogP contribution in [0.2, 0.25) is 0 Å². The summed E-state index contributed by atoms with van der Waals surface area (Å²) in [5, 5.41) is 13.7. The molecule has 0 unspecified atom stereocenters. The van der Waals surface area contributed by atoms with Crippen molar-refractivity contribution in [1.29, 1.82) is 0 Å². The number of aromatic nitrogens is 2. The topological polar surface area (TPSA) is 58.0 Å². The Hall–Kier alpha value is -2.63. The van der Waals surface area contributed by atoms with E-state index < -0.39 is 6.10 Å². The van der Waals surface area contributed by atoms with Gasteiger partial charge in [0, 0.05) is 18.9 Å². The number of hydrogen-bond donors (Lipinski definition) is 2. The lowest BCUT2D eigenvalue weighted by molar-refractivity contribution is 0.171. The monoisotopic (exact) mass is 323 g/mol. The summed E-state index contributed by atoms with van der Waals surface area (Å²) in [5.74, 6) is -0.373. The maximum atomic E-state index is 13.2. The quantitative estimate of drug-likeness (QED) is 0.732. The molecule has 1 aromatic carbocycles. The Morgan fingerprint density at radius 3 is 2.38 bits per heavy atom. The zero-order chi connectivity index (χ0) is 16.8. The van der Waals surface area contributed by atoms with Gasteiger partial charge in [-0.1, -0.05) is 30.3 Å². The molecule has 0 spiro atoms. The molecule has 2 heterocycles. The average molecular weight is 323 g/mol. The summed E-state index contributed by atoms with van der Waals surface area (Å²) in [4.78, 5) is 8.13.